The Labute approximate surface area is 144 Å². The predicted molar refractivity (Wildman–Crippen MR) is 98.6 cm³/mol. The van der Waals surface area contributed by atoms with Crippen LogP contribution in [-0.4, -0.2) is 22.8 Å². The normalized spacial score (nSPS) is 12.5. The summed E-state index contributed by atoms with van der Waals surface area (Å²) in [4.78, 5) is 21.3. The zero-order valence-corrected chi connectivity index (χ0v) is 15.4. The molecule has 2 aromatic heterocycles. The molecule has 0 spiro atoms. The molecule has 120 valence electrons. The maximum atomic E-state index is 12.8. The van der Waals surface area contributed by atoms with Crippen molar-refractivity contribution in [1.82, 2.24) is 9.88 Å². The summed E-state index contributed by atoms with van der Waals surface area (Å²) in [6, 6.07) is 10.1. The zero-order chi connectivity index (χ0) is 16.6. The van der Waals surface area contributed by atoms with Gasteiger partial charge in [0, 0.05) is 11.9 Å². The third-order valence-corrected chi connectivity index (χ3v) is 6.70. The van der Waals surface area contributed by atoms with Crippen molar-refractivity contribution in [3.05, 3.63) is 50.7 Å². The van der Waals surface area contributed by atoms with E-state index in [1.54, 1.807) is 27.6 Å². The van der Waals surface area contributed by atoms with Gasteiger partial charge in [-0.15, -0.1) is 22.7 Å². The number of rotatable bonds is 4. The fourth-order valence-electron chi connectivity index (χ4n) is 2.56. The number of carbonyl (C=O) groups is 1. The van der Waals surface area contributed by atoms with Crippen LogP contribution in [0.15, 0.2) is 30.3 Å². The first-order chi connectivity index (χ1) is 11.0. The first kappa shape index (κ1) is 16.1. The Kier molecular flexibility index (Phi) is 4.50. The van der Waals surface area contributed by atoms with E-state index in [1.165, 1.54) is 10.4 Å². The van der Waals surface area contributed by atoms with Crippen LogP contribution in [0.2, 0.25) is 0 Å². The average molecular weight is 345 g/mol. The standard InChI is InChI=1S/C18H20N2OS2/c1-5-14-11(2)10-16(22-14)18(21)20(4)12(3)17-19-13-8-6-7-9-15(13)23-17/h6-10,12H,5H2,1-4H3/t12-/m1/s1. The first-order valence-electron chi connectivity index (χ1n) is 7.73. The Morgan fingerprint density at radius 1 is 1.30 bits per heavy atom. The summed E-state index contributed by atoms with van der Waals surface area (Å²) < 4.78 is 1.16. The molecular weight excluding hydrogens is 324 g/mol. The van der Waals surface area contributed by atoms with Gasteiger partial charge in [0.25, 0.3) is 5.91 Å². The van der Waals surface area contributed by atoms with Crippen molar-refractivity contribution in [3.63, 3.8) is 0 Å². The summed E-state index contributed by atoms with van der Waals surface area (Å²) in [7, 11) is 1.86. The fourth-order valence-corrected chi connectivity index (χ4v) is 4.72. The molecule has 3 rings (SSSR count). The van der Waals surface area contributed by atoms with E-state index in [2.05, 4.69) is 24.9 Å². The molecule has 0 N–H and O–H groups in total. The van der Waals surface area contributed by atoms with Gasteiger partial charge in [-0.3, -0.25) is 4.79 Å². The molecule has 0 saturated carbocycles. The van der Waals surface area contributed by atoms with Gasteiger partial charge in [-0.05, 0) is 44.0 Å². The first-order valence-corrected chi connectivity index (χ1v) is 9.36. The minimum Gasteiger partial charge on any atom is -0.332 e. The van der Waals surface area contributed by atoms with Gasteiger partial charge in [-0.2, -0.15) is 0 Å². The minimum absolute atomic E-state index is 0.0348. The summed E-state index contributed by atoms with van der Waals surface area (Å²) in [6.07, 6.45) is 0.973. The summed E-state index contributed by atoms with van der Waals surface area (Å²) in [5.41, 5.74) is 2.21. The van der Waals surface area contributed by atoms with Crippen LogP contribution >= 0.6 is 22.7 Å². The number of nitrogens with zero attached hydrogens (tertiary/aromatic N) is 2. The molecule has 3 nitrogen and oxygen atoms in total. The van der Waals surface area contributed by atoms with Crippen molar-refractivity contribution < 1.29 is 4.79 Å². The van der Waals surface area contributed by atoms with E-state index < -0.39 is 0 Å². The van der Waals surface area contributed by atoms with Gasteiger partial charge >= 0.3 is 0 Å². The lowest BCUT2D eigenvalue weighted by Gasteiger charge is -2.22. The molecule has 5 heteroatoms. The minimum atomic E-state index is -0.0348. The van der Waals surface area contributed by atoms with Crippen LogP contribution < -0.4 is 0 Å². The molecule has 0 unspecified atom stereocenters. The molecule has 0 bridgehead atoms. The highest BCUT2D eigenvalue weighted by Gasteiger charge is 2.23. The van der Waals surface area contributed by atoms with Gasteiger partial charge in [-0.25, -0.2) is 4.98 Å². The number of aryl methyl sites for hydroxylation is 2. The van der Waals surface area contributed by atoms with Crippen molar-refractivity contribution in [1.29, 1.82) is 0 Å². The summed E-state index contributed by atoms with van der Waals surface area (Å²) in [6.45, 7) is 6.24. The quantitative estimate of drug-likeness (QED) is 0.662. The Morgan fingerprint density at radius 3 is 2.70 bits per heavy atom. The number of amides is 1. The predicted octanol–water partition coefficient (Wildman–Crippen LogP) is 5.06. The van der Waals surface area contributed by atoms with Crippen LogP contribution in [0.1, 0.15) is 45.0 Å². The molecule has 1 amide bonds. The fraction of sp³-hybridized carbons (Fsp3) is 0.333. The largest absolute Gasteiger partial charge is 0.332 e. The molecule has 0 aliphatic rings. The molecule has 23 heavy (non-hydrogen) atoms. The molecule has 3 aromatic rings. The summed E-state index contributed by atoms with van der Waals surface area (Å²) >= 11 is 3.26. The van der Waals surface area contributed by atoms with E-state index in [9.17, 15) is 4.79 Å². The monoisotopic (exact) mass is 344 g/mol. The van der Waals surface area contributed by atoms with Crippen LogP contribution in [-0.2, 0) is 6.42 Å². The molecular formula is C18H20N2OS2. The van der Waals surface area contributed by atoms with Gasteiger partial charge in [0.05, 0.1) is 21.1 Å². The molecule has 0 fully saturated rings. The molecule has 0 radical (unpaired) electrons. The van der Waals surface area contributed by atoms with Crippen LogP contribution in [0, 0.1) is 6.92 Å². The van der Waals surface area contributed by atoms with E-state index in [4.69, 9.17) is 0 Å². The third kappa shape index (κ3) is 3.03. The number of fused-ring (bicyclic) bond motifs is 1. The van der Waals surface area contributed by atoms with Gasteiger partial charge in [-0.1, -0.05) is 19.1 Å². The van der Waals surface area contributed by atoms with E-state index in [0.29, 0.717) is 0 Å². The molecule has 1 aromatic carbocycles. The maximum absolute atomic E-state index is 12.8. The lowest BCUT2D eigenvalue weighted by molar-refractivity contribution is 0.0747. The smallest absolute Gasteiger partial charge is 0.264 e. The van der Waals surface area contributed by atoms with Gasteiger partial charge in [0.15, 0.2) is 0 Å². The number of carbonyl (C=O) groups excluding carboxylic acids is 1. The van der Waals surface area contributed by atoms with Gasteiger partial charge in [0.1, 0.15) is 5.01 Å². The molecule has 0 aliphatic heterocycles. The number of benzene rings is 1. The van der Waals surface area contributed by atoms with E-state index in [1.807, 2.05) is 38.2 Å². The van der Waals surface area contributed by atoms with Gasteiger partial charge in [0.2, 0.25) is 0 Å². The van der Waals surface area contributed by atoms with E-state index >= 15 is 0 Å². The number of thiazole rings is 1. The summed E-state index contributed by atoms with van der Waals surface area (Å²) in [5.74, 6) is 0.0737. The second-order valence-electron chi connectivity index (χ2n) is 5.68. The lowest BCUT2D eigenvalue weighted by atomic mass is 10.2. The van der Waals surface area contributed by atoms with Crippen molar-refractivity contribution >= 4 is 38.8 Å². The molecule has 0 saturated heterocycles. The number of hydrogen-bond donors (Lipinski definition) is 0. The van der Waals surface area contributed by atoms with Crippen molar-refractivity contribution in [2.45, 2.75) is 33.2 Å². The highest BCUT2D eigenvalue weighted by molar-refractivity contribution is 7.18. The molecule has 0 aliphatic carbocycles. The molecule has 2 heterocycles. The number of hydrogen-bond acceptors (Lipinski definition) is 4. The Balaban J connectivity index is 1.85. The zero-order valence-electron chi connectivity index (χ0n) is 13.8. The van der Waals surface area contributed by atoms with Crippen molar-refractivity contribution in [2.24, 2.45) is 0 Å². The van der Waals surface area contributed by atoms with Gasteiger partial charge < -0.3 is 4.90 Å². The number of aromatic nitrogens is 1. The van der Waals surface area contributed by atoms with Crippen LogP contribution in [0.5, 0.6) is 0 Å². The lowest BCUT2D eigenvalue weighted by Crippen LogP contribution is -2.29. The Morgan fingerprint density at radius 2 is 2.04 bits per heavy atom. The molecule has 1 atom stereocenters. The topological polar surface area (TPSA) is 33.2 Å². The van der Waals surface area contributed by atoms with E-state index in [-0.39, 0.29) is 11.9 Å². The Bertz CT molecular complexity index is 817. The maximum Gasteiger partial charge on any atom is 0.264 e. The highest BCUT2D eigenvalue weighted by atomic mass is 32.1. The highest BCUT2D eigenvalue weighted by Crippen LogP contribution is 2.31. The number of para-hydroxylation sites is 1. The third-order valence-electron chi connectivity index (χ3n) is 4.12. The average Bonchev–Trinajstić information content (AvgIpc) is 3.15. The summed E-state index contributed by atoms with van der Waals surface area (Å²) in [5, 5.41) is 0.978. The Hall–Kier alpha value is -1.72. The second-order valence-corrected chi connectivity index (χ2v) is 7.88. The second kappa shape index (κ2) is 6.42. The SMILES string of the molecule is CCc1sc(C(=O)N(C)[C@H](C)c2nc3ccccc3s2)cc1C. The number of thiophene rings is 1. The van der Waals surface area contributed by atoms with Crippen molar-refractivity contribution in [2.75, 3.05) is 7.05 Å². The van der Waals surface area contributed by atoms with E-state index in [0.717, 1.165) is 26.5 Å². The van der Waals surface area contributed by atoms with Crippen LogP contribution in [0.4, 0.5) is 0 Å². The van der Waals surface area contributed by atoms with Crippen LogP contribution in [0.25, 0.3) is 10.2 Å². The van der Waals surface area contributed by atoms with Crippen molar-refractivity contribution in [3.8, 4) is 0 Å². The van der Waals surface area contributed by atoms with Crippen LogP contribution in [0.3, 0.4) is 0 Å².